The highest BCUT2D eigenvalue weighted by atomic mass is 16.5. The number of anilines is 1. The van der Waals surface area contributed by atoms with Crippen LogP contribution < -0.4 is 15.8 Å². The number of fused-ring (bicyclic) bond motifs is 1. The lowest BCUT2D eigenvalue weighted by Gasteiger charge is -2.11. The van der Waals surface area contributed by atoms with Crippen molar-refractivity contribution in [2.45, 2.75) is 26.0 Å². The van der Waals surface area contributed by atoms with Crippen molar-refractivity contribution >= 4 is 11.6 Å². The number of nitrogens with two attached hydrogens (primary N) is 1. The van der Waals surface area contributed by atoms with Crippen LogP contribution in [0.4, 0.5) is 5.69 Å². The van der Waals surface area contributed by atoms with Gasteiger partial charge in [0.25, 0.3) is 0 Å². The number of nitrogens with one attached hydrogen (secondary N) is 1. The Balaban J connectivity index is 2.37. The Bertz CT molecular complexity index is 390. The SMILES string of the molecule is CC1CC(=O)Nc2cc(CN)ccc2O1. The third kappa shape index (κ3) is 2.10. The molecule has 15 heavy (non-hydrogen) atoms. The molecule has 1 unspecified atom stereocenters. The quantitative estimate of drug-likeness (QED) is 0.727. The normalized spacial score (nSPS) is 19.9. The molecule has 1 aliphatic rings. The van der Waals surface area contributed by atoms with Gasteiger partial charge in [0.1, 0.15) is 11.9 Å². The zero-order chi connectivity index (χ0) is 10.8. The maximum Gasteiger partial charge on any atom is 0.228 e. The highest BCUT2D eigenvalue weighted by Gasteiger charge is 2.18. The van der Waals surface area contributed by atoms with Crippen LogP contribution in [0.25, 0.3) is 0 Å². The number of carbonyl (C=O) groups excluding carboxylic acids is 1. The van der Waals surface area contributed by atoms with Crippen LogP contribution in [0.1, 0.15) is 18.9 Å². The van der Waals surface area contributed by atoms with Crippen molar-refractivity contribution in [3.63, 3.8) is 0 Å². The van der Waals surface area contributed by atoms with Crippen LogP contribution in [0.2, 0.25) is 0 Å². The summed E-state index contributed by atoms with van der Waals surface area (Å²) in [6.45, 7) is 2.34. The molecule has 4 nitrogen and oxygen atoms in total. The Hall–Kier alpha value is -1.55. The minimum Gasteiger partial charge on any atom is -0.488 e. The van der Waals surface area contributed by atoms with Crippen LogP contribution in [0, 0.1) is 0 Å². The molecule has 1 aromatic rings. The highest BCUT2D eigenvalue weighted by molar-refractivity contribution is 5.93. The number of hydrogen-bond donors (Lipinski definition) is 2. The van der Waals surface area contributed by atoms with Gasteiger partial charge in [-0.15, -0.1) is 0 Å². The zero-order valence-corrected chi connectivity index (χ0v) is 8.62. The molecular formula is C11H14N2O2. The van der Waals surface area contributed by atoms with Crippen LogP contribution >= 0.6 is 0 Å². The van der Waals surface area contributed by atoms with Crippen molar-refractivity contribution in [2.24, 2.45) is 5.73 Å². The van der Waals surface area contributed by atoms with E-state index >= 15 is 0 Å². The van der Waals surface area contributed by atoms with E-state index in [0.29, 0.717) is 24.4 Å². The first-order chi connectivity index (χ1) is 7.19. The Kier molecular flexibility index (Phi) is 2.60. The first-order valence-electron chi connectivity index (χ1n) is 4.98. The maximum atomic E-state index is 11.4. The molecular weight excluding hydrogens is 192 g/mol. The third-order valence-electron chi connectivity index (χ3n) is 2.35. The van der Waals surface area contributed by atoms with Gasteiger partial charge < -0.3 is 15.8 Å². The van der Waals surface area contributed by atoms with Crippen molar-refractivity contribution < 1.29 is 9.53 Å². The van der Waals surface area contributed by atoms with Crippen LogP contribution in [-0.4, -0.2) is 12.0 Å². The second-order valence-corrected chi connectivity index (χ2v) is 3.72. The highest BCUT2D eigenvalue weighted by Crippen LogP contribution is 2.29. The molecule has 0 spiro atoms. The lowest BCUT2D eigenvalue weighted by molar-refractivity contribution is -0.117. The Morgan fingerprint density at radius 2 is 2.40 bits per heavy atom. The molecule has 0 saturated carbocycles. The summed E-state index contributed by atoms with van der Waals surface area (Å²) in [5.41, 5.74) is 7.22. The van der Waals surface area contributed by atoms with E-state index in [1.807, 2.05) is 25.1 Å². The Labute approximate surface area is 88.4 Å². The van der Waals surface area contributed by atoms with Crippen molar-refractivity contribution in [3.05, 3.63) is 23.8 Å². The van der Waals surface area contributed by atoms with Crippen LogP contribution in [-0.2, 0) is 11.3 Å². The van der Waals surface area contributed by atoms with Gasteiger partial charge in [0.05, 0.1) is 12.1 Å². The third-order valence-corrected chi connectivity index (χ3v) is 2.35. The smallest absolute Gasteiger partial charge is 0.228 e. The number of rotatable bonds is 1. The predicted octanol–water partition coefficient (Wildman–Crippen LogP) is 1.25. The molecule has 1 aromatic carbocycles. The second-order valence-electron chi connectivity index (χ2n) is 3.72. The molecule has 3 N–H and O–H groups in total. The average molecular weight is 206 g/mol. The fourth-order valence-corrected chi connectivity index (χ4v) is 1.63. The molecule has 0 bridgehead atoms. The van der Waals surface area contributed by atoms with Gasteiger partial charge in [-0.05, 0) is 24.6 Å². The summed E-state index contributed by atoms with van der Waals surface area (Å²) in [5, 5.41) is 2.81. The molecule has 0 fully saturated rings. The van der Waals surface area contributed by atoms with Gasteiger partial charge in [0.15, 0.2) is 0 Å². The topological polar surface area (TPSA) is 64.4 Å². The van der Waals surface area contributed by atoms with Crippen LogP contribution in [0.3, 0.4) is 0 Å². The van der Waals surface area contributed by atoms with E-state index in [1.165, 1.54) is 0 Å². The Morgan fingerprint density at radius 1 is 1.60 bits per heavy atom. The second kappa shape index (κ2) is 3.90. The first kappa shape index (κ1) is 9.98. The van der Waals surface area contributed by atoms with Crippen LogP contribution in [0.5, 0.6) is 5.75 Å². The maximum absolute atomic E-state index is 11.4. The number of ether oxygens (including phenoxy) is 1. The van der Waals surface area contributed by atoms with Gasteiger partial charge in [0, 0.05) is 6.54 Å². The number of hydrogen-bond acceptors (Lipinski definition) is 3. The van der Waals surface area contributed by atoms with E-state index < -0.39 is 0 Å². The minimum atomic E-state index is -0.0880. The fourth-order valence-electron chi connectivity index (χ4n) is 1.63. The van der Waals surface area contributed by atoms with Crippen molar-refractivity contribution in [1.29, 1.82) is 0 Å². The van der Waals surface area contributed by atoms with E-state index in [0.717, 1.165) is 5.56 Å². The number of amides is 1. The summed E-state index contributed by atoms with van der Waals surface area (Å²) in [4.78, 5) is 11.4. The summed E-state index contributed by atoms with van der Waals surface area (Å²) in [6.07, 6.45) is 0.294. The molecule has 2 rings (SSSR count). The largest absolute Gasteiger partial charge is 0.488 e. The van der Waals surface area contributed by atoms with Gasteiger partial charge in [-0.25, -0.2) is 0 Å². The molecule has 0 saturated heterocycles. The van der Waals surface area contributed by atoms with Crippen molar-refractivity contribution in [1.82, 2.24) is 0 Å². The summed E-state index contributed by atoms with van der Waals surface area (Å²) in [5.74, 6) is 0.695. The van der Waals surface area contributed by atoms with Gasteiger partial charge in [-0.1, -0.05) is 6.07 Å². The monoisotopic (exact) mass is 206 g/mol. The van der Waals surface area contributed by atoms with E-state index in [1.54, 1.807) is 0 Å². The van der Waals surface area contributed by atoms with Gasteiger partial charge >= 0.3 is 0 Å². The fraction of sp³-hybridized carbons (Fsp3) is 0.364. The summed E-state index contributed by atoms with van der Waals surface area (Å²) in [7, 11) is 0. The molecule has 1 atom stereocenters. The number of carbonyl (C=O) groups is 1. The molecule has 80 valence electrons. The summed E-state index contributed by atoms with van der Waals surface area (Å²) in [6, 6.07) is 5.61. The molecule has 1 heterocycles. The Morgan fingerprint density at radius 3 is 3.13 bits per heavy atom. The lowest BCUT2D eigenvalue weighted by Crippen LogP contribution is -2.17. The predicted molar refractivity (Wildman–Crippen MR) is 57.7 cm³/mol. The molecule has 1 aliphatic heterocycles. The van der Waals surface area contributed by atoms with Crippen LogP contribution in [0.15, 0.2) is 18.2 Å². The molecule has 0 aliphatic carbocycles. The van der Waals surface area contributed by atoms with E-state index in [2.05, 4.69) is 5.32 Å². The van der Waals surface area contributed by atoms with Gasteiger partial charge in [-0.3, -0.25) is 4.79 Å². The van der Waals surface area contributed by atoms with Gasteiger partial charge in [0.2, 0.25) is 5.91 Å². The average Bonchev–Trinajstić information content (AvgIpc) is 2.33. The molecule has 0 radical (unpaired) electrons. The molecule has 4 heteroatoms. The lowest BCUT2D eigenvalue weighted by atomic mass is 10.2. The molecule has 1 amide bonds. The summed E-state index contributed by atoms with van der Waals surface area (Å²) >= 11 is 0. The van der Waals surface area contributed by atoms with E-state index in [4.69, 9.17) is 10.5 Å². The van der Waals surface area contributed by atoms with Crippen molar-refractivity contribution in [3.8, 4) is 5.75 Å². The van der Waals surface area contributed by atoms with Crippen molar-refractivity contribution in [2.75, 3.05) is 5.32 Å². The minimum absolute atomic E-state index is 0.0181. The van der Waals surface area contributed by atoms with Gasteiger partial charge in [-0.2, -0.15) is 0 Å². The zero-order valence-electron chi connectivity index (χ0n) is 8.62. The standard InChI is InChI=1S/C11H14N2O2/c1-7-4-11(14)13-9-5-8(6-12)2-3-10(9)15-7/h2-3,5,7H,4,6,12H2,1H3,(H,13,14). The van der Waals surface area contributed by atoms with E-state index in [9.17, 15) is 4.79 Å². The first-order valence-corrected chi connectivity index (χ1v) is 4.98. The van der Waals surface area contributed by atoms with E-state index in [-0.39, 0.29) is 12.0 Å². The molecule has 0 aromatic heterocycles. The number of benzene rings is 1. The summed E-state index contributed by atoms with van der Waals surface area (Å²) < 4.78 is 5.60.